The first kappa shape index (κ1) is 17.7. The number of hydrogen-bond acceptors (Lipinski definition) is 3. The van der Waals surface area contributed by atoms with E-state index in [1.807, 2.05) is 5.32 Å². The lowest BCUT2D eigenvalue weighted by Crippen LogP contribution is -2.35. The molecule has 1 rings (SSSR count). The third-order valence-corrected chi connectivity index (χ3v) is 2.71. The van der Waals surface area contributed by atoms with Crippen LogP contribution in [0, 0.1) is 11.7 Å². The van der Waals surface area contributed by atoms with Gasteiger partial charge in [-0.3, -0.25) is 4.79 Å². The molecular weight excluding hydrogens is 308 g/mol. The van der Waals surface area contributed by atoms with Crippen LogP contribution in [0.2, 0.25) is 0 Å². The average Bonchev–Trinajstić information content (AvgIpc) is 2.44. The lowest BCUT2D eigenvalue weighted by molar-refractivity contribution is -0.144. The maximum Gasteiger partial charge on any atom is 0.416 e. The predicted octanol–water partition coefficient (Wildman–Crippen LogP) is 2.78. The van der Waals surface area contributed by atoms with E-state index in [0.29, 0.717) is 18.2 Å². The van der Waals surface area contributed by atoms with Crippen molar-refractivity contribution >= 4 is 17.7 Å². The largest absolute Gasteiger partial charge is 0.469 e. The van der Waals surface area contributed by atoms with Crippen LogP contribution in [0.25, 0.3) is 0 Å². The van der Waals surface area contributed by atoms with Gasteiger partial charge in [0.25, 0.3) is 0 Å². The summed E-state index contributed by atoms with van der Waals surface area (Å²) in [5.74, 6) is -2.23. The first-order valence-corrected chi connectivity index (χ1v) is 6.14. The lowest BCUT2D eigenvalue weighted by Gasteiger charge is -2.13. The van der Waals surface area contributed by atoms with Gasteiger partial charge in [0.05, 0.1) is 24.3 Å². The Labute approximate surface area is 123 Å². The van der Waals surface area contributed by atoms with Gasteiger partial charge in [-0.05, 0) is 18.2 Å². The maximum absolute atomic E-state index is 13.4. The molecule has 0 heterocycles. The lowest BCUT2D eigenvalue weighted by atomic mass is 10.2. The molecule has 0 saturated heterocycles. The van der Waals surface area contributed by atoms with Gasteiger partial charge in [-0.1, -0.05) is 6.92 Å². The van der Waals surface area contributed by atoms with Crippen molar-refractivity contribution in [3.05, 3.63) is 29.6 Å². The molecule has 2 amide bonds. The molecule has 0 aliphatic heterocycles. The number of carbonyl (C=O) groups excluding carboxylic acids is 2. The van der Waals surface area contributed by atoms with Crippen molar-refractivity contribution in [2.45, 2.75) is 13.1 Å². The number of methoxy groups -OCH3 is 1. The summed E-state index contributed by atoms with van der Waals surface area (Å²) in [5.41, 5.74) is -1.70. The number of hydrogen-bond donors (Lipinski definition) is 2. The molecule has 122 valence electrons. The molecule has 9 heteroatoms. The summed E-state index contributed by atoms with van der Waals surface area (Å²) in [5, 5.41) is 4.19. The highest BCUT2D eigenvalue weighted by Gasteiger charge is 2.31. The molecule has 0 saturated carbocycles. The topological polar surface area (TPSA) is 67.4 Å². The molecule has 22 heavy (non-hydrogen) atoms. The van der Waals surface area contributed by atoms with Crippen LogP contribution < -0.4 is 10.6 Å². The molecule has 1 aromatic carbocycles. The molecule has 0 bridgehead atoms. The molecule has 0 aliphatic rings. The van der Waals surface area contributed by atoms with Gasteiger partial charge in [-0.2, -0.15) is 13.2 Å². The van der Waals surface area contributed by atoms with Crippen LogP contribution in [0.15, 0.2) is 18.2 Å². The van der Waals surface area contributed by atoms with Crippen molar-refractivity contribution < 1.29 is 31.9 Å². The number of anilines is 1. The van der Waals surface area contributed by atoms with E-state index in [9.17, 15) is 27.2 Å². The summed E-state index contributed by atoms with van der Waals surface area (Å²) in [6, 6.07) is 0.723. The second kappa shape index (κ2) is 7.10. The number of ether oxygens (including phenoxy) is 1. The molecule has 5 nitrogen and oxygen atoms in total. The van der Waals surface area contributed by atoms with E-state index in [4.69, 9.17) is 0 Å². The molecule has 0 spiro atoms. The Morgan fingerprint density at radius 3 is 2.50 bits per heavy atom. The molecule has 0 fully saturated rings. The highest BCUT2D eigenvalue weighted by atomic mass is 19.4. The van der Waals surface area contributed by atoms with Crippen LogP contribution in [-0.4, -0.2) is 25.7 Å². The van der Waals surface area contributed by atoms with Crippen LogP contribution in [0.5, 0.6) is 0 Å². The number of halogens is 4. The van der Waals surface area contributed by atoms with Gasteiger partial charge in [-0.15, -0.1) is 0 Å². The van der Waals surface area contributed by atoms with Gasteiger partial charge in [0.1, 0.15) is 5.82 Å². The number of amides is 2. The molecule has 0 aromatic heterocycles. The summed E-state index contributed by atoms with van der Waals surface area (Å²) in [7, 11) is 1.18. The van der Waals surface area contributed by atoms with E-state index in [-0.39, 0.29) is 6.54 Å². The first-order chi connectivity index (χ1) is 10.1. The quantitative estimate of drug-likeness (QED) is 0.662. The molecule has 0 radical (unpaired) electrons. The fourth-order valence-electron chi connectivity index (χ4n) is 1.49. The normalized spacial score (nSPS) is 12.5. The second-order valence-corrected chi connectivity index (χ2v) is 4.45. The Morgan fingerprint density at radius 2 is 1.95 bits per heavy atom. The molecule has 0 unspecified atom stereocenters. The Morgan fingerprint density at radius 1 is 1.32 bits per heavy atom. The van der Waals surface area contributed by atoms with E-state index in [0.717, 1.165) is 0 Å². The zero-order chi connectivity index (χ0) is 16.9. The van der Waals surface area contributed by atoms with Crippen molar-refractivity contribution in [3.63, 3.8) is 0 Å². The van der Waals surface area contributed by atoms with Gasteiger partial charge >= 0.3 is 18.2 Å². The number of esters is 1. The van der Waals surface area contributed by atoms with Crippen LogP contribution in [0.3, 0.4) is 0 Å². The highest BCUT2D eigenvalue weighted by Crippen LogP contribution is 2.31. The molecule has 2 N–H and O–H groups in total. The van der Waals surface area contributed by atoms with E-state index in [1.54, 1.807) is 0 Å². The Kier molecular flexibility index (Phi) is 5.72. The number of alkyl halides is 3. The second-order valence-electron chi connectivity index (χ2n) is 4.45. The summed E-state index contributed by atoms with van der Waals surface area (Å²) >= 11 is 0. The standard InChI is InChI=1S/C13H14F4N2O3/c1-7(11(20)22-2)6-18-12(21)19-10-5-8(13(15,16)17)3-4-9(10)14/h3-5,7H,6H2,1-2H3,(H2,18,19,21)/t7-/m1/s1. The Bertz CT molecular complexity index is 561. The number of carbonyl (C=O) groups is 2. The van der Waals surface area contributed by atoms with Crippen LogP contribution >= 0.6 is 0 Å². The fourth-order valence-corrected chi connectivity index (χ4v) is 1.49. The highest BCUT2D eigenvalue weighted by molar-refractivity contribution is 5.89. The number of benzene rings is 1. The van der Waals surface area contributed by atoms with Gasteiger partial charge in [-0.25, -0.2) is 9.18 Å². The number of nitrogens with one attached hydrogen (secondary N) is 2. The van der Waals surface area contributed by atoms with Crippen molar-refractivity contribution in [1.29, 1.82) is 0 Å². The van der Waals surface area contributed by atoms with Crippen molar-refractivity contribution in [2.75, 3.05) is 19.0 Å². The van der Waals surface area contributed by atoms with E-state index in [1.165, 1.54) is 14.0 Å². The van der Waals surface area contributed by atoms with Crippen molar-refractivity contribution in [3.8, 4) is 0 Å². The van der Waals surface area contributed by atoms with Gasteiger partial charge in [0, 0.05) is 6.54 Å². The fraction of sp³-hybridized carbons (Fsp3) is 0.385. The van der Waals surface area contributed by atoms with E-state index in [2.05, 4.69) is 10.1 Å². The monoisotopic (exact) mass is 322 g/mol. The van der Waals surface area contributed by atoms with Crippen LogP contribution in [-0.2, 0) is 15.7 Å². The van der Waals surface area contributed by atoms with E-state index < -0.39 is 41.2 Å². The van der Waals surface area contributed by atoms with Gasteiger partial charge in [0.15, 0.2) is 0 Å². The Hall–Kier alpha value is -2.32. The summed E-state index contributed by atoms with van der Waals surface area (Å²) < 4.78 is 55.4. The molecule has 1 aromatic rings. The van der Waals surface area contributed by atoms with Crippen LogP contribution in [0.4, 0.5) is 28.0 Å². The third-order valence-electron chi connectivity index (χ3n) is 2.71. The van der Waals surface area contributed by atoms with Gasteiger partial charge < -0.3 is 15.4 Å². The zero-order valence-corrected chi connectivity index (χ0v) is 11.8. The maximum atomic E-state index is 13.4. The third kappa shape index (κ3) is 4.90. The van der Waals surface area contributed by atoms with Crippen molar-refractivity contribution in [2.24, 2.45) is 5.92 Å². The minimum absolute atomic E-state index is 0.112. The molecule has 1 atom stereocenters. The minimum atomic E-state index is -4.65. The summed E-state index contributed by atoms with van der Waals surface area (Å²) in [6.45, 7) is 1.37. The van der Waals surface area contributed by atoms with Crippen molar-refractivity contribution in [1.82, 2.24) is 5.32 Å². The zero-order valence-electron chi connectivity index (χ0n) is 11.8. The van der Waals surface area contributed by atoms with Gasteiger partial charge in [0.2, 0.25) is 0 Å². The summed E-state index contributed by atoms with van der Waals surface area (Å²) in [6.07, 6.45) is -4.65. The number of rotatable bonds is 4. The first-order valence-electron chi connectivity index (χ1n) is 6.14. The van der Waals surface area contributed by atoms with E-state index >= 15 is 0 Å². The molecular formula is C13H14F4N2O3. The molecule has 0 aliphatic carbocycles. The average molecular weight is 322 g/mol. The smallest absolute Gasteiger partial charge is 0.416 e. The van der Waals surface area contributed by atoms with Crippen LogP contribution in [0.1, 0.15) is 12.5 Å². The minimum Gasteiger partial charge on any atom is -0.469 e. The SMILES string of the molecule is COC(=O)[C@H](C)CNC(=O)Nc1cc(C(F)(F)F)ccc1F. The Balaban J connectivity index is 2.70. The summed E-state index contributed by atoms with van der Waals surface area (Å²) in [4.78, 5) is 22.6. The number of urea groups is 1. The predicted molar refractivity (Wildman–Crippen MR) is 69.6 cm³/mol.